The van der Waals surface area contributed by atoms with E-state index in [2.05, 4.69) is 10.3 Å². The van der Waals surface area contributed by atoms with E-state index in [0.29, 0.717) is 19.4 Å². The fourth-order valence-corrected chi connectivity index (χ4v) is 2.55. The van der Waals surface area contributed by atoms with Crippen LogP contribution in [-0.2, 0) is 11.2 Å². The maximum atomic E-state index is 11.1. The normalized spacial score (nSPS) is 10.3. The average Bonchev–Trinajstić information content (AvgIpc) is 2.96. The minimum Gasteiger partial charge on any atom is -0.356 e. The molecular weight excluding hydrogens is 290 g/mol. The highest BCUT2D eigenvalue weighted by Gasteiger charge is 2.08. The summed E-state index contributed by atoms with van der Waals surface area (Å²) in [6, 6.07) is 6.32. The lowest BCUT2D eigenvalue weighted by Crippen LogP contribution is -2.24. The number of carbonyl (C=O) groups is 1. The Bertz CT molecular complexity index is 637. The van der Waals surface area contributed by atoms with Gasteiger partial charge in [0.2, 0.25) is 5.91 Å². The van der Waals surface area contributed by atoms with E-state index in [-0.39, 0.29) is 11.6 Å². The van der Waals surface area contributed by atoms with Gasteiger partial charge in [-0.3, -0.25) is 14.9 Å². The van der Waals surface area contributed by atoms with Crippen molar-refractivity contribution >= 4 is 22.9 Å². The highest BCUT2D eigenvalue weighted by atomic mass is 32.1. The van der Waals surface area contributed by atoms with E-state index in [1.54, 1.807) is 12.1 Å². The molecule has 0 aliphatic carbocycles. The second kappa shape index (κ2) is 6.94. The Morgan fingerprint density at radius 1 is 1.38 bits per heavy atom. The minimum atomic E-state index is -0.424. The molecule has 0 saturated heterocycles. The van der Waals surface area contributed by atoms with Gasteiger partial charge in [-0.15, -0.1) is 11.3 Å². The molecule has 2 aromatic rings. The van der Waals surface area contributed by atoms with Crippen LogP contribution in [0.25, 0.3) is 11.3 Å². The smallest absolute Gasteiger partial charge is 0.269 e. The van der Waals surface area contributed by atoms with Crippen molar-refractivity contribution in [2.24, 2.45) is 0 Å². The van der Waals surface area contributed by atoms with Crippen molar-refractivity contribution < 1.29 is 9.72 Å². The molecule has 1 amide bonds. The third-order valence-electron chi connectivity index (χ3n) is 2.91. The second-order valence-electron chi connectivity index (χ2n) is 4.38. The predicted octanol–water partition coefficient (Wildman–Crippen LogP) is 2.79. The zero-order valence-electron chi connectivity index (χ0n) is 11.5. The molecule has 0 bridgehead atoms. The minimum absolute atomic E-state index is 0.0298. The predicted molar refractivity (Wildman–Crippen MR) is 81.2 cm³/mol. The van der Waals surface area contributed by atoms with Gasteiger partial charge in [-0.2, -0.15) is 0 Å². The molecule has 110 valence electrons. The number of aromatic nitrogens is 1. The van der Waals surface area contributed by atoms with Crippen molar-refractivity contribution in [2.75, 3.05) is 6.54 Å². The Morgan fingerprint density at radius 2 is 2.10 bits per heavy atom. The molecule has 0 saturated carbocycles. The van der Waals surface area contributed by atoms with Crippen molar-refractivity contribution in [3.05, 3.63) is 44.8 Å². The molecule has 0 aliphatic heterocycles. The van der Waals surface area contributed by atoms with E-state index in [9.17, 15) is 14.9 Å². The summed E-state index contributed by atoms with van der Waals surface area (Å²) in [5.41, 5.74) is 1.71. The topological polar surface area (TPSA) is 85.1 Å². The van der Waals surface area contributed by atoms with Gasteiger partial charge in [-0.1, -0.05) is 6.92 Å². The number of rotatable bonds is 6. The molecule has 7 heteroatoms. The monoisotopic (exact) mass is 305 g/mol. The molecule has 1 N–H and O–H groups in total. The Kier molecular flexibility index (Phi) is 4.99. The van der Waals surface area contributed by atoms with Crippen molar-refractivity contribution in [3.63, 3.8) is 0 Å². The quantitative estimate of drug-likeness (QED) is 0.657. The highest BCUT2D eigenvalue weighted by Crippen LogP contribution is 2.24. The van der Waals surface area contributed by atoms with Gasteiger partial charge in [0, 0.05) is 42.5 Å². The van der Waals surface area contributed by atoms with Crippen LogP contribution in [0, 0.1) is 10.1 Å². The van der Waals surface area contributed by atoms with Crippen LogP contribution in [0.3, 0.4) is 0 Å². The van der Waals surface area contributed by atoms with Gasteiger partial charge in [0.25, 0.3) is 5.69 Å². The largest absolute Gasteiger partial charge is 0.356 e. The molecule has 0 fully saturated rings. The number of amides is 1. The maximum Gasteiger partial charge on any atom is 0.269 e. The van der Waals surface area contributed by atoms with Crippen molar-refractivity contribution in [1.82, 2.24) is 10.3 Å². The fourth-order valence-electron chi connectivity index (χ4n) is 1.75. The lowest BCUT2D eigenvalue weighted by molar-refractivity contribution is -0.384. The first-order valence-corrected chi connectivity index (χ1v) is 7.44. The van der Waals surface area contributed by atoms with Crippen LogP contribution in [0.5, 0.6) is 0 Å². The SMILES string of the molecule is CCC(=O)NCCc1nc(-c2ccc([N+](=O)[O-])cc2)cs1. The van der Waals surface area contributed by atoms with E-state index < -0.39 is 4.92 Å². The van der Waals surface area contributed by atoms with Crippen LogP contribution in [0.2, 0.25) is 0 Å². The van der Waals surface area contributed by atoms with Gasteiger partial charge in [0.1, 0.15) is 0 Å². The van der Waals surface area contributed by atoms with Gasteiger partial charge in [0.05, 0.1) is 15.6 Å². The number of hydrogen-bond acceptors (Lipinski definition) is 5. The van der Waals surface area contributed by atoms with Crippen LogP contribution in [0.1, 0.15) is 18.4 Å². The van der Waals surface area contributed by atoms with Gasteiger partial charge in [-0.25, -0.2) is 4.98 Å². The Labute approximate surface area is 126 Å². The lowest BCUT2D eigenvalue weighted by atomic mass is 10.1. The molecule has 6 nitrogen and oxygen atoms in total. The molecule has 1 heterocycles. The molecular formula is C14H15N3O3S. The number of nitro benzene ring substituents is 1. The average molecular weight is 305 g/mol. The molecule has 21 heavy (non-hydrogen) atoms. The molecule has 0 atom stereocenters. The van der Waals surface area contributed by atoms with Crippen molar-refractivity contribution in [2.45, 2.75) is 19.8 Å². The molecule has 1 aromatic carbocycles. The lowest BCUT2D eigenvalue weighted by Gasteiger charge is -2.00. The first-order valence-electron chi connectivity index (χ1n) is 6.56. The number of carbonyl (C=O) groups excluding carboxylic acids is 1. The summed E-state index contributed by atoms with van der Waals surface area (Å²) in [4.78, 5) is 25.8. The number of nitrogens with zero attached hydrogens (tertiary/aromatic N) is 2. The van der Waals surface area contributed by atoms with Gasteiger partial charge in [0.15, 0.2) is 0 Å². The summed E-state index contributed by atoms with van der Waals surface area (Å²) in [7, 11) is 0. The number of nitro groups is 1. The Balaban J connectivity index is 1.99. The molecule has 0 radical (unpaired) electrons. The van der Waals surface area contributed by atoms with Gasteiger partial charge >= 0.3 is 0 Å². The summed E-state index contributed by atoms with van der Waals surface area (Å²) in [5.74, 6) is 0.0298. The zero-order chi connectivity index (χ0) is 15.2. The number of nitrogens with one attached hydrogen (secondary N) is 1. The zero-order valence-corrected chi connectivity index (χ0v) is 12.4. The van der Waals surface area contributed by atoms with Crippen LogP contribution in [0.4, 0.5) is 5.69 Å². The summed E-state index contributed by atoms with van der Waals surface area (Å²) < 4.78 is 0. The summed E-state index contributed by atoms with van der Waals surface area (Å²) in [5, 5.41) is 16.3. The van der Waals surface area contributed by atoms with E-state index in [1.807, 2.05) is 12.3 Å². The van der Waals surface area contributed by atoms with Crippen LogP contribution < -0.4 is 5.32 Å². The molecule has 0 unspecified atom stereocenters. The molecule has 2 rings (SSSR count). The summed E-state index contributed by atoms with van der Waals surface area (Å²) in [6.45, 7) is 2.38. The van der Waals surface area contributed by atoms with E-state index in [4.69, 9.17) is 0 Å². The summed E-state index contributed by atoms with van der Waals surface area (Å²) >= 11 is 1.52. The van der Waals surface area contributed by atoms with Crippen molar-refractivity contribution in [1.29, 1.82) is 0 Å². The van der Waals surface area contributed by atoms with Gasteiger partial charge in [-0.05, 0) is 12.1 Å². The fraction of sp³-hybridized carbons (Fsp3) is 0.286. The third-order valence-corrected chi connectivity index (χ3v) is 3.82. The highest BCUT2D eigenvalue weighted by molar-refractivity contribution is 7.09. The van der Waals surface area contributed by atoms with Gasteiger partial charge < -0.3 is 5.32 Å². The van der Waals surface area contributed by atoms with E-state index in [1.165, 1.54) is 23.5 Å². The van der Waals surface area contributed by atoms with E-state index >= 15 is 0 Å². The Morgan fingerprint density at radius 3 is 2.71 bits per heavy atom. The first kappa shape index (κ1) is 15.1. The number of hydrogen-bond donors (Lipinski definition) is 1. The standard InChI is InChI=1S/C14H15N3O3S/c1-2-13(18)15-8-7-14-16-12(9-21-14)10-3-5-11(6-4-10)17(19)20/h3-6,9H,2,7-8H2,1H3,(H,15,18). The maximum absolute atomic E-state index is 11.1. The molecule has 0 aliphatic rings. The van der Waals surface area contributed by atoms with Crippen LogP contribution >= 0.6 is 11.3 Å². The second-order valence-corrected chi connectivity index (χ2v) is 5.33. The van der Waals surface area contributed by atoms with Crippen LogP contribution in [0.15, 0.2) is 29.6 Å². The number of benzene rings is 1. The molecule has 1 aromatic heterocycles. The van der Waals surface area contributed by atoms with E-state index in [0.717, 1.165) is 16.3 Å². The molecule has 0 spiro atoms. The van der Waals surface area contributed by atoms with Crippen molar-refractivity contribution in [3.8, 4) is 11.3 Å². The van der Waals surface area contributed by atoms with Crippen LogP contribution in [-0.4, -0.2) is 22.4 Å². The first-order chi connectivity index (χ1) is 10.1. The number of thiazole rings is 1. The summed E-state index contributed by atoms with van der Waals surface area (Å²) in [6.07, 6.45) is 1.16. The Hall–Kier alpha value is -2.28. The number of non-ortho nitro benzene ring substituents is 1. The third kappa shape index (κ3) is 4.09.